The van der Waals surface area contributed by atoms with Gasteiger partial charge in [0.25, 0.3) is 5.91 Å². The molecule has 0 saturated heterocycles. The number of aryl methyl sites for hydroxylation is 1. The van der Waals surface area contributed by atoms with E-state index in [9.17, 15) is 4.79 Å². The van der Waals surface area contributed by atoms with Crippen LogP contribution in [0.3, 0.4) is 0 Å². The lowest BCUT2D eigenvalue weighted by Crippen LogP contribution is -2.11. The first kappa shape index (κ1) is 23.3. The van der Waals surface area contributed by atoms with Gasteiger partial charge >= 0.3 is 0 Å². The van der Waals surface area contributed by atoms with Gasteiger partial charge in [-0.2, -0.15) is 0 Å². The molecule has 1 N–H and O–H groups in total. The predicted molar refractivity (Wildman–Crippen MR) is 129 cm³/mol. The van der Waals surface area contributed by atoms with Gasteiger partial charge in [0.2, 0.25) is 5.13 Å². The number of rotatable bonds is 12. The topological polar surface area (TPSA) is 64.1 Å². The van der Waals surface area contributed by atoms with Crippen LogP contribution in [0.2, 0.25) is 0 Å². The maximum atomic E-state index is 12.5. The van der Waals surface area contributed by atoms with E-state index < -0.39 is 0 Å². The van der Waals surface area contributed by atoms with E-state index in [1.54, 1.807) is 23.9 Å². The molecule has 0 saturated carbocycles. The number of unbranched alkanes of at least 4 members (excludes halogenated alkanes) is 4. The number of carbonyl (C=O) groups excluding carboxylic acids is 1. The summed E-state index contributed by atoms with van der Waals surface area (Å²) in [7, 11) is 0. The van der Waals surface area contributed by atoms with E-state index in [2.05, 4.69) is 53.6 Å². The minimum Gasteiger partial charge on any atom is -0.494 e. The van der Waals surface area contributed by atoms with Crippen molar-refractivity contribution >= 4 is 34.1 Å². The SMILES string of the molecule is CCCCCCCOc1ccc(C(=O)Nc2nnc(SCc3ccc(C)cc3)s2)cc1. The number of aromatic nitrogens is 2. The molecular formula is C24H29N3O2S2. The molecule has 0 spiro atoms. The molecule has 7 heteroatoms. The Labute approximate surface area is 192 Å². The maximum absolute atomic E-state index is 12.5. The summed E-state index contributed by atoms with van der Waals surface area (Å²) in [4.78, 5) is 12.5. The fourth-order valence-electron chi connectivity index (χ4n) is 2.92. The normalized spacial score (nSPS) is 10.8. The van der Waals surface area contributed by atoms with Crippen LogP contribution in [0.5, 0.6) is 5.75 Å². The van der Waals surface area contributed by atoms with E-state index in [0.717, 1.165) is 22.3 Å². The maximum Gasteiger partial charge on any atom is 0.257 e. The minimum atomic E-state index is -0.197. The lowest BCUT2D eigenvalue weighted by atomic mass is 10.2. The van der Waals surface area contributed by atoms with Crippen molar-refractivity contribution in [2.24, 2.45) is 0 Å². The fraction of sp³-hybridized carbons (Fsp3) is 0.375. The first-order valence-electron chi connectivity index (χ1n) is 10.7. The first-order valence-corrected chi connectivity index (χ1v) is 12.5. The molecule has 0 radical (unpaired) electrons. The van der Waals surface area contributed by atoms with E-state index in [1.165, 1.54) is 48.1 Å². The first-order chi connectivity index (χ1) is 15.1. The molecule has 5 nitrogen and oxygen atoms in total. The third-order valence-electron chi connectivity index (χ3n) is 4.74. The van der Waals surface area contributed by atoms with Gasteiger partial charge in [0, 0.05) is 11.3 Å². The van der Waals surface area contributed by atoms with E-state index in [-0.39, 0.29) is 5.91 Å². The Hall–Kier alpha value is -2.38. The molecule has 1 amide bonds. The summed E-state index contributed by atoms with van der Waals surface area (Å²) in [5.74, 6) is 1.42. The summed E-state index contributed by atoms with van der Waals surface area (Å²) >= 11 is 3.00. The Kier molecular flexibility index (Phi) is 9.37. The number of anilines is 1. The number of thioether (sulfide) groups is 1. The number of carbonyl (C=O) groups is 1. The van der Waals surface area contributed by atoms with Crippen LogP contribution in [0.15, 0.2) is 52.9 Å². The largest absolute Gasteiger partial charge is 0.494 e. The Morgan fingerprint density at radius 1 is 1.00 bits per heavy atom. The number of benzene rings is 2. The monoisotopic (exact) mass is 455 g/mol. The molecule has 31 heavy (non-hydrogen) atoms. The second kappa shape index (κ2) is 12.5. The van der Waals surface area contributed by atoms with Crippen LogP contribution in [-0.2, 0) is 5.75 Å². The molecule has 0 aliphatic rings. The van der Waals surface area contributed by atoms with Gasteiger partial charge in [-0.3, -0.25) is 10.1 Å². The summed E-state index contributed by atoms with van der Waals surface area (Å²) < 4.78 is 6.59. The zero-order valence-corrected chi connectivity index (χ0v) is 19.7. The van der Waals surface area contributed by atoms with Crippen molar-refractivity contribution in [3.63, 3.8) is 0 Å². The van der Waals surface area contributed by atoms with Crippen molar-refractivity contribution in [1.82, 2.24) is 10.2 Å². The van der Waals surface area contributed by atoms with Gasteiger partial charge in [-0.1, -0.05) is 85.5 Å². The van der Waals surface area contributed by atoms with Gasteiger partial charge in [0.05, 0.1) is 6.61 Å². The summed E-state index contributed by atoms with van der Waals surface area (Å²) in [5, 5.41) is 11.6. The van der Waals surface area contributed by atoms with Crippen molar-refractivity contribution in [3.8, 4) is 5.75 Å². The van der Waals surface area contributed by atoms with Gasteiger partial charge in [0.1, 0.15) is 5.75 Å². The summed E-state index contributed by atoms with van der Waals surface area (Å²) in [5.41, 5.74) is 3.05. The Morgan fingerprint density at radius 2 is 1.74 bits per heavy atom. The highest BCUT2D eigenvalue weighted by atomic mass is 32.2. The van der Waals surface area contributed by atoms with Crippen LogP contribution in [0.25, 0.3) is 0 Å². The van der Waals surface area contributed by atoms with E-state index in [1.807, 2.05) is 12.1 Å². The number of hydrogen-bond donors (Lipinski definition) is 1. The lowest BCUT2D eigenvalue weighted by molar-refractivity contribution is 0.102. The Bertz CT molecular complexity index is 940. The summed E-state index contributed by atoms with van der Waals surface area (Å²) in [6.45, 7) is 5.00. The summed E-state index contributed by atoms with van der Waals surface area (Å²) in [6, 6.07) is 15.7. The molecule has 3 aromatic rings. The zero-order valence-electron chi connectivity index (χ0n) is 18.1. The lowest BCUT2D eigenvalue weighted by Gasteiger charge is -2.07. The molecule has 1 aromatic heterocycles. The third-order valence-corrected chi connectivity index (χ3v) is 6.79. The van der Waals surface area contributed by atoms with Crippen LogP contribution in [0.1, 0.15) is 60.5 Å². The average molecular weight is 456 g/mol. The molecule has 0 aliphatic heterocycles. The molecule has 3 rings (SSSR count). The molecular weight excluding hydrogens is 426 g/mol. The average Bonchev–Trinajstić information content (AvgIpc) is 3.23. The van der Waals surface area contributed by atoms with Crippen molar-refractivity contribution in [2.75, 3.05) is 11.9 Å². The van der Waals surface area contributed by atoms with Crippen LogP contribution in [-0.4, -0.2) is 22.7 Å². The second-order valence-corrected chi connectivity index (χ2v) is 9.59. The smallest absolute Gasteiger partial charge is 0.257 e. The van der Waals surface area contributed by atoms with Crippen molar-refractivity contribution < 1.29 is 9.53 Å². The van der Waals surface area contributed by atoms with Crippen molar-refractivity contribution in [1.29, 1.82) is 0 Å². The molecule has 0 unspecified atom stereocenters. The molecule has 0 aliphatic carbocycles. The van der Waals surface area contributed by atoms with Crippen molar-refractivity contribution in [2.45, 2.75) is 56.0 Å². The van der Waals surface area contributed by atoms with Crippen LogP contribution in [0.4, 0.5) is 5.13 Å². The molecule has 164 valence electrons. The molecule has 0 atom stereocenters. The van der Waals surface area contributed by atoms with Gasteiger partial charge in [-0.25, -0.2) is 0 Å². The number of ether oxygens (including phenoxy) is 1. The quantitative estimate of drug-likeness (QED) is 0.186. The van der Waals surface area contributed by atoms with E-state index in [0.29, 0.717) is 17.3 Å². The highest BCUT2D eigenvalue weighted by Crippen LogP contribution is 2.28. The Balaban J connectivity index is 1.43. The van der Waals surface area contributed by atoms with Crippen LogP contribution >= 0.6 is 23.1 Å². The standard InChI is InChI=1S/C24H29N3O2S2/c1-3-4-5-6-7-16-29-21-14-12-20(13-15-21)22(28)25-23-26-27-24(31-23)30-17-19-10-8-18(2)9-11-19/h8-15H,3-7,16-17H2,1-2H3,(H,25,26,28). The molecule has 1 heterocycles. The van der Waals surface area contributed by atoms with E-state index in [4.69, 9.17) is 4.74 Å². The van der Waals surface area contributed by atoms with Crippen molar-refractivity contribution in [3.05, 3.63) is 65.2 Å². The number of hydrogen-bond acceptors (Lipinski definition) is 6. The van der Waals surface area contributed by atoms with Gasteiger partial charge in [-0.05, 0) is 43.2 Å². The second-order valence-electron chi connectivity index (χ2n) is 7.39. The third kappa shape index (κ3) is 7.99. The number of nitrogens with zero attached hydrogens (tertiary/aromatic N) is 2. The zero-order chi connectivity index (χ0) is 21.9. The molecule has 0 bridgehead atoms. The van der Waals surface area contributed by atoms with Gasteiger partial charge in [-0.15, -0.1) is 10.2 Å². The van der Waals surface area contributed by atoms with Gasteiger partial charge < -0.3 is 4.74 Å². The van der Waals surface area contributed by atoms with E-state index >= 15 is 0 Å². The number of nitrogens with one attached hydrogen (secondary N) is 1. The number of amides is 1. The predicted octanol–water partition coefficient (Wildman–Crippen LogP) is 6.74. The Morgan fingerprint density at radius 3 is 2.48 bits per heavy atom. The highest BCUT2D eigenvalue weighted by molar-refractivity contribution is 8.00. The minimum absolute atomic E-state index is 0.197. The molecule has 0 fully saturated rings. The van der Waals surface area contributed by atoms with Gasteiger partial charge in [0.15, 0.2) is 4.34 Å². The van der Waals surface area contributed by atoms with Crippen LogP contribution in [0, 0.1) is 6.92 Å². The fourth-order valence-corrected chi connectivity index (χ4v) is 4.62. The summed E-state index contributed by atoms with van der Waals surface area (Å²) in [6.07, 6.45) is 6.04. The highest BCUT2D eigenvalue weighted by Gasteiger charge is 2.11. The molecule has 2 aromatic carbocycles. The van der Waals surface area contributed by atoms with Crippen LogP contribution < -0.4 is 10.1 Å².